The normalized spacial score (nSPS) is 25.4. The van der Waals surface area contributed by atoms with E-state index in [4.69, 9.17) is 4.74 Å². The van der Waals surface area contributed by atoms with Crippen LogP contribution in [-0.2, 0) is 4.74 Å². The Kier molecular flexibility index (Phi) is 4.01. The van der Waals surface area contributed by atoms with Crippen LogP contribution in [0.2, 0.25) is 0 Å². The standard InChI is InChI=1S/C13H18N6O3/c1-18(2)6-16-13-14-4-8-12(17-13)19(7-15-8)11-3-9(21)10(5-20)22-11/h4,6-7,9-11,20-21H,3,5H2,1-2H3/b16-6+. The second-order valence-electron chi connectivity index (χ2n) is 5.35. The lowest BCUT2D eigenvalue weighted by Crippen LogP contribution is -2.24. The van der Waals surface area contributed by atoms with Crippen molar-refractivity contribution in [3.8, 4) is 0 Å². The third-order valence-corrected chi connectivity index (χ3v) is 3.40. The molecule has 3 atom stereocenters. The van der Waals surface area contributed by atoms with Gasteiger partial charge in [0.2, 0.25) is 0 Å². The second kappa shape index (κ2) is 5.95. The molecule has 0 bridgehead atoms. The molecule has 9 heteroatoms. The minimum absolute atomic E-state index is 0.225. The van der Waals surface area contributed by atoms with Crippen LogP contribution >= 0.6 is 0 Å². The van der Waals surface area contributed by atoms with E-state index in [0.717, 1.165) is 0 Å². The molecule has 0 aromatic carbocycles. The summed E-state index contributed by atoms with van der Waals surface area (Å²) < 4.78 is 7.36. The highest BCUT2D eigenvalue weighted by Gasteiger charge is 2.35. The molecule has 3 heterocycles. The molecule has 1 saturated heterocycles. The average Bonchev–Trinajstić information content (AvgIpc) is 3.07. The van der Waals surface area contributed by atoms with E-state index >= 15 is 0 Å². The number of hydrogen-bond acceptors (Lipinski definition) is 7. The van der Waals surface area contributed by atoms with Crippen molar-refractivity contribution in [1.29, 1.82) is 0 Å². The van der Waals surface area contributed by atoms with Gasteiger partial charge in [0.15, 0.2) is 5.65 Å². The highest BCUT2D eigenvalue weighted by atomic mass is 16.5. The van der Waals surface area contributed by atoms with E-state index in [9.17, 15) is 10.2 Å². The van der Waals surface area contributed by atoms with E-state index in [0.29, 0.717) is 23.5 Å². The van der Waals surface area contributed by atoms with Crippen molar-refractivity contribution < 1.29 is 14.9 Å². The number of aliphatic imine (C=N–C) groups is 1. The minimum atomic E-state index is -0.708. The number of nitrogens with zero attached hydrogens (tertiary/aromatic N) is 6. The molecule has 0 amide bonds. The molecular weight excluding hydrogens is 288 g/mol. The Hall–Kier alpha value is -2.10. The number of rotatable bonds is 4. The number of hydrogen-bond donors (Lipinski definition) is 2. The number of imidazole rings is 1. The van der Waals surface area contributed by atoms with Crippen molar-refractivity contribution in [2.45, 2.75) is 24.9 Å². The lowest BCUT2D eigenvalue weighted by Gasteiger charge is -2.13. The van der Waals surface area contributed by atoms with Gasteiger partial charge in [0.25, 0.3) is 5.95 Å². The Labute approximate surface area is 126 Å². The number of fused-ring (bicyclic) bond motifs is 1. The summed E-state index contributed by atoms with van der Waals surface area (Å²) in [5.41, 5.74) is 1.20. The van der Waals surface area contributed by atoms with Crippen molar-refractivity contribution >= 4 is 23.5 Å². The van der Waals surface area contributed by atoms with Gasteiger partial charge in [-0.3, -0.25) is 4.57 Å². The molecule has 1 aliphatic rings. The predicted molar refractivity (Wildman–Crippen MR) is 78.8 cm³/mol. The maximum absolute atomic E-state index is 9.85. The van der Waals surface area contributed by atoms with Crippen LogP contribution in [0.1, 0.15) is 12.6 Å². The Morgan fingerprint density at radius 1 is 1.50 bits per heavy atom. The van der Waals surface area contributed by atoms with E-state index in [-0.39, 0.29) is 6.61 Å². The first kappa shape index (κ1) is 14.8. The van der Waals surface area contributed by atoms with Crippen LogP contribution in [0, 0.1) is 0 Å². The predicted octanol–water partition coefficient (Wildman–Crippen LogP) is -0.312. The smallest absolute Gasteiger partial charge is 0.252 e. The summed E-state index contributed by atoms with van der Waals surface area (Å²) in [6, 6.07) is 0. The summed E-state index contributed by atoms with van der Waals surface area (Å²) in [5.74, 6) is 0.320. The van der Waals surface area contributed by atoms with Crippen LogP contribution in [0.5, 0.6) is 0 Å². The third-order valence-electron chi connectivity index (χ3n) is 3.40. The molecule has 3 rings (SSSR count). The molecule has 2 aromatic heterocycles. The number of ether oxygens (including phenoxy) is 1. The van der Waals surface area contributed by atoms with Crippen LogP contribution in [0.3, 0.4) is 0 Å². The molecule has 0 aliphatic carbocycles. The van der Waals surface area contributed by atoms with Crippen LogP contribution < -0.4 is 0 Å². The van der Waals surface area contributed by atoms with Gasteiger partial charge in [-0.05, 0) is 0 Å². The Morgan fingerprint density at radius 2 is 2.32 bits per heavy atom. The quantitative estimate of drug-likeness (QED) is 0.589. The molecular formula is C13H18N6O3. The zero-order valence-electron chi connectivity index (χ0n) is 12.4. The van der Waals surface area contributed by atoms with Gasteiger partial charge in [-0.1, -0.05) is 0 Å². The van der Waals surface area contributed by atoms with Gasteiger partial charge >= 0.3 is 0 Å². The van der Waals surface area contributed by atoms with Crippen molar-refractivity contribution in [3.63, 3.8) is 0 Å². The van der Waals surface area contributed by atoms with Crippen LogP contribution in [-0.4, -0.2) is 73.9 Å². The fourth-order valence-corrected chi connectivity index (χ4v) is 2.31. The van der Waals surface area contributed by atoms with E-state index in [2.05, 4.69) is 19.9 Å². The summed E-state index contributed by atoms with van der Waals surface area (Å²) in [5, 5.41) is 19.0. The fraction of sp³-hybridized carbons (Fsp3) is 0.538. The Morgan fingerprint density at radius 3 is 3.00 bits per heavy atom. The molecule has 0 saturated carbocycles. The average molecular weight is 306 g/mol. The Bertz CT molecular complexity index is 685. The summed E-state index contributed by atoms with van der Waals surface area (Å²) in [6.45, 7) is -0.225. The van der Waals surface area contributed by atoms with Gasteiger partial charge in [-0.25, -0.2) is 15.0 Å². The largest absolute Gasteiger partial charge is 0.394 e. The first-order valence-electron chi connectivity index (χ1n) is 6.93. The lowest BCUT2D eigenvalue weighted by molar-refractivity contribution is -0.0432. The first-order chi connectivity index (χ1) is 10.6. The summed E-state index contributed by atoms with van der Waals surface area (Å²) in [6.07, 6.45) is 3.46. The fourth-order valence-electron chi connectivity index (χ4n) is 2.31. The van der Waals surface area contributed by atoms with Gasteiger partial charge in [0, 0.05) is 20.5 Å². The summed E-state index contributed by atoms with van der Waals surface area (Å²) in [4.78, 5) is 18.7. The van der Waals surface area contributed by atoms with E-state index in [1.54, 1.807) is 28.3 Å². The van der Waals surface area contributed by atoms with Crippen LogP contribution in [0.4, 0.5) is 5.95 Å². The topological polar surface area (TPSA) is 109 Å². The molecule has 0 radical (unpaired) electrons. The molecule has 1 fully saturated rings. The molecule has 1 aliphatic heterocycles. The molecule has 2 aromatic rings. The van der Waals surface area contributed by atoms with Crippen LogP contribution in [0.15, 0.2) is 17.5 Å². The molecule has 118 valence electrons. The van der Waals surface area contributed by atoms with Gasteiger partial charge in [0.05, 0.1) is 31.6 Å². The van der Waals surface area contributed by atoms with E-state index in [1.165, 1.54) is 0 Å². The number of aromatic nitrogens is 4. The van der Waals surface area contributed by atoms with E-state index in [1.807, 2.05) is 14.1 Å². The lowest BCUT2D eigenvalue weighted by atomic mass is 10.2. The Balaban J connectivity index is 1.92. The highest BCUT2D eigenvalue weighted by Crippen LogP contribution is 2.30. The summed E-state index contributed by atoms with van der Waals surface area (Å²) >= 11 is 0. The van der Waals surface area contributed by atoms with Crippen LogP contribution in [0.25, 0.3) is 11.2 Å². The van der Waals surface area contributed by atoms with Crippen molar-refractivity contribution in [1.82, 2.24) is 24.4 Å². The maximum Gasteiger partial charge on any atom is 0.252 e. The van der Waals surface area contributed by atoms with Gasteiger partial charge < -0.3 is 19.8 Å². The molecule has 22 heavy (non-hydrogen) atoms. The van der Waals surface area contributed by atoms with Gasteiger partial charge in [0.1, 0.15) is 17.8 Å². The maximum atomic E-state index is 9.85. The van der Waals surface area contributed by atoms with Crippen molar-refractivity contribution in [2.24, 2.45) is 4.99 Å². The molecule has 2 N–H and O–H groups in total. The number of aliphatic hydroxyl groups excluding tert-OH is 2. The first-order valence-corrected chi connectivity index (χ1v) is 6.93. The monoisotopic (exact) mass is 306 g/mol. The van der Waals surface area contributed by atoms with Crippen molar-refractivity contribution in [2.75, 3.05) is 20.7 Å². The third kappa shape index (κ3) is 2.78. The second-order valence-corrected chi connectivity index (χ2v) is 5.35. The zero-order valence-corrected chi connectivity index (χ0v) is 12.4. The molecule has 3 unspecified atom stereocenters. The van der Waals surface area contributed by atoms with Gasteiger partial charge in [-0.2, -0.15) is 4.98 Å². The molecule has 9 nitrogen and oxygen atoms in total. The van der Waals surface area contributed by atoms with Gasteiger partial charge in [-0.15, -0.1) is 0 Å². The van der Waals surface area contributed by atoms with E-state index < -0.39 is 18.4 Å². The summed E-state index contributed by atoms with van der Waals surface area (Å²) in [7, 11) is 3.71. The zero-order chi connectivity index (χ0) is 15.7. The van der Waals surface area contributed by atoms with Crippen molar-refractivity contribution in [3.05, 3.63) is 12.5 Å². The number of aliphatic hydroxyl groups is 2. The molecule has 0 spiro atoms. The highest BCUT2D eigenvalue weighted by molar-refractivity contribution is 5.71. The SMILES string of the molecule is CN(C)/C=N/c1ncc2ncn(C3CC(O)C(CO)O3)c2n1. The minimum Gasteiger partial charge on any atom is -0.394 e.